The van der Waals surface area contributed by atoms with Crippen LogP contribution in [0.15, 0.2) is 0 Å². The molecular weight excluding hydrogens is 260 g/mol. The molecule has 4 heteroatoms. The van der Waals surface area contributed by atoms with E-state index in [2.05, 4.69) is 20.1 Å². The van der Waals surface area contributed by atoms with Gasteiger partial charge in [0.05, 0.1) is 0 Å². The molecule has 0 aromatic carbocycles. The van der Waals surface area contributed by atoms with Crippen LogP contribution in [0, 0.1) is 0 Å². The summed E-state index contributed by atoms with van der Waals surface area (Å²) in [7, 11) is 0. The normalized spacial score (nSPS) is 11.6. The van der Waals surface area contributed by atoms with Crippen LogP contribution >= 0.6 is 11.8 Å². The van der Waals surface area contributed by atoms with Gasteiger partial charge in [0.25, 0.3) is 0 Å². The first kappa shape index (κ1) is 21.1. The van der Waals surface area contributed by atoms with E-state index in [0.717, 1.165) is 19.3 Å². The van der Waals surface area contributed by atoms with Crippen LogP contribution in [-0.4, -0.2) is 34.3 Å². The van der Waals surface area contributed by atoms with E-state index in [1.807, 2.05) is 11.8 Å². The number of carboxylic acids is 1. The molecule has 0 amide bonds. The Morgan fingerprint density at radius 1 is 1.05 bits per heavy atom. The van der Waals surface area contributed by atoms with E-state index in [4.69, 9.17) is 10.2 Å². The lowest BCUT2D eigenvalue weighted by atomic mass is 10.1. The van der Waals surface area contributed by atoms with Crippen LogP contribution in [-0.2, 0) is 4.79 Å². The van der Waals surface area contributed by atoms with E-state index in [1.165, 1.54) is 32.1 Å². The summed E-state index contributed by atoms with van der Waals surface area (Å²) in [5.74, 6) is -0.675. The quantitative estimate of drug-likeness (QED) is 0.556. The van der Waals surface area contributed by atoms with E-state index in [1.54, 1.807) is 0 Å². The topological polar surface area (TPSA) is 57.5 Å². The maximum atomic E-state index is 10.2. The van der Waals surface area contributed by atoms with Crippen LogP contribution in [0.3, 0.4) is 0 Å². The van der Waals surface area contributed by atoms with E-state index in [-0.39, 0.29) is 0 Å². The lowest BCUT2D eigenvalue weighted by Crippen LogP contribution is -2.03. The van der Waals surface area contributed by atoms with Gasteiger partial charge < -0.3 is 10.2 Å². The zero-order valence-electron chi connectivity index (χ0n) is 12.9. The van der Waals surface area contributed by atoms with Gasteiger partial charge in [-0.15, -0.1) is 0 Å². The number of hydrogen-bond acceptors (Lipinski definition) is 3. The van der Waals surface area contributed by atoms with E-state index in [9.17, 15) is 4.79 Å². The number of aliphatic hydroxyl groups is 1. The van der Waals surface area contributed by atoms with Crippen molar-refractivity contribution in [3.05, 3.63) is 0 Å². The Kier molecular flexibility index (Phi) is 19.7. The number of hydrogen-bond donors (Lipinski definition) is 2. The van der Waals surface area contributed by atoms with Crippen molar-refractivity contribution in [3.63, 3.8) is 0 Å². The Bertz CT molecular complexity index is 182. The Labute approximate surface area is 123 Å². The van der Waals surface area contributed by atoms with Crippen molar-refractivity contribution in [1.82, 2.24) is 0 Å². The fourth-order valence-corrected chi connectivity index (χ4v) is 2.60. The molecular formula is C15H32O3S. The fraction of sp³-hybridized carbons (Fsp3) is 0.933. The van der Waals surface area contributed by atoms with Gasteiger partial charge in [-0.1, -0.05) is 39.5 Å². The van der Waals surface area contributed by atoms with Gasteiger partial charge in [-0.25, -0.2) is 0 Å². The fourth-order valence-electron chi connectivity index (χ4n) is 1.72. The first-order valence-corrected chi connectivity index (χ1v) is 8.76. The highest BCUT2D eigenvalue weighted by Gasteiger charge is 2.06. The number of rotatable bonds is 11. The van der Waals surface area contributed by atoms with Crippen LogP contribution in [0.5, 0.6) is 0 Å². The molecule has 0 saturated carbocycles. The zero-order chi connectivity index (χ0) is 14.9. The van der Waals surface area contributed by atoms with Crippen LogP contribution in [0.1, 0.15) is 71.6 Å². The molecule has 0 aromatic heterocycles. The van der Waals surface area contributed by atoms with Gasteiger partial charge in [-0.3, -0.25) is 4.79 Å². The van der Waals surface area contributed by atoms with Crippen molar-refractivity contribution in [1.29, 1.82) is 0 Å². The summed E-state index contributed by atoms with van der Waals surface area (Å²) in [6.45, 7) is 4.69. The van der Waals surface area contributed by atoms with Gasteiger partial charge in [0.1, 0.15) is 0 Å². The average Bonchev–Trinajstić information content (AvgIpc) is 2.39. The first-order valence-electron chi connectivity index (χ1n) is 7.47. The third kappa shape index (κ3) is 20.3. The smallest absolute Gasteiger partial charge is 0.303 e. The predicted octanol–water partition coefficient (Wildman–Crippen LogP) is 4.33. The number of aliphatic carboxylic acids is 1. The zero-order valence-corrected chi connectivity index (χ0v) is 13.7. The third-order valence-corrected chi connectivity index (χ3v) is 4.01. The summed E-state index contributed by atoms with van der Waals surface area (Å²) in [5, 5.41) is 17.4. The predicted molar refractivity (Wildman–Crippen MR) is 84.9 cm³/mol. The molecule has 1 unspecified atom stereocenters. The lowest BCUT2D eigenvalue weighted by molar-refractivity contribution is -0.137. The van der Waals surface area contributed by atoms with E-state index in [0.29, 0.717) is 18.3 Å². The van der Waals surface area contributed by atoms with Crippen molar-refractivity contribution >= 4 is 17.7 Å². The van der Waals surface area contributed by atoms with Crippen molar-refractivity contribution < 1.29 is 15.0 Å². The molecule has 19 heavy (non-hydrogen) atoms. The van der Waals surface area contributed by atoms with E-state index < -0.39 is 5.97 Å². The molecule has 0 rings (SSSR count). The highest BCUT2D eigenvalue weighted by atomic mass is 32.2. The second-order valence-electron chi connectivity index (χ2n) is 4.72. The van der Waals surface area contributed by atoms with Crippen LogP contribution in [0.2, 0.25) is 0 Å². The molecule has 0 saturated heterocycles. The SMILES string of the molecule is CCCC(CCCC(=O)O)SC.CCCCCCO. The highest BCUT2D eigenvalue weighted by Crippen LogP contribution is 2.19. The number of unbranched alkanes of at least 4 members (excludes halogenated alkanes) is 3. The molecule has 116 valence electrons. The second-order valence-corrected chi connectivity index (χ2v) is 5.85. The third-order valence-electron chi connectivity index (χ3n) is 2.87. The maximum absolute atomic E-state index is 10.2. The Morgan fingerprint density at radius 3 is 2.16 bits per heavy atom. The van der Waals surface area contributed by atoms with Crippen molar-refractivity contribution in [2.75, 3.05) is 12.9 Å². The van der Waals surface area contributed by atoms with Gasteiger partial charge in [-0.05, 0) is 31.9 Å². The van der Waals surface area contributed by atoms with Gasteiger partial charge in [0.2, 0.25) is 0 Å². The molecule has 0 spiro atoms. The molecule has 2 N–H and O–H groups in total. The van der Waals surface area contributed by atoms with Crippen molar-refractivity contribution in [3.8, 4) is 0 Å². The summed E-state index contributed by atoms with van der Waals surface area (Å²) in [6, 6.07) is 0. The highest BCUT2D eigenvalue weighted by molar-refractivity contribution is 7.99. The summed E-state index contributed by atoms with van der Waals surface area (Å²) in [6.07, 6.45) is 11.4. The second kappa shape index (κ2) is 17.8. The Hall–Kier alpha value is -0.220. The molecule has 0 bridgehead atoms. The van der Waals surface area contributed by atoms with Gasteiger partial charge in [0, 0.05) is 18.3 Å². The standard InChI is InChI=1S/C9H18O2S.C6H14O/c1-3-5-8(12-2)6-4-7-9(10)11;1-2-3-4-5-6-7/h8H,3-7H2,1-2H3,(H,10,11);7H,2-6H2,1H3. The molecule has 0 aliphatic carbocycles. The maximum Gasteiger partial charge on any atom is 0.303 e. The molecule has 0 fully saturated rings. The van der Waals surface area contributed by atoms with E-state index >= 15 is 0 Å². The van der Waals surface area contributed by atoms with Crippen LogP contribution in [0.4, 0.5) is 0 Å². The van der Waals surface area contributed by atoms with Gasteiger partial charge >= 0.3 is 5.97 Å². The van der Waals surface area contributed by atoms with Gasteiger partial charge in [0.15, 0.2) is 0 Å². The number of thioether (sulfide) groups is 1. The van der Waals surface area contributed by atoms with Gasteiger partial charge in [-0.2, -0.15) is 11.8 Å². The summed E-state index contributed by atoms with van der Waals surface area (Å²) in [4.78, 5) is 10.2. The number of carbonyl (C=O) groups is 1. The summed E-state index contributed by atoms with van der Waals surface area (Å²) >= 11 is 1.85. The van der Waals surface area contributed by atoms with Crippen molar-refractivity contribution in [2.24, 2.45) is 0 Å². The number of carboxylic acid groups (broad SMARTS) is 1. The minimum atomic E-state index is -0.675. The molecule has 0 aromatic rings. The molecule has 1 atom stereocenters. The summed E-state index contributed by atoms with van der Waals surface area (Å²) < 4.78 is 0. The molecule has 0 radical (unpaired) electrons. The molecule has 0 aliphatic heterocycles. The Morgan fingerprint density at radius 2 is 1.74 bits per heavy atom. The lowest BCUT2D eigenvalue weighted by Gasteiger charge is -2.11. The van der Waals surface area contributed by atoms with Crippen LogP contribution < -0.4 is 0 Å². The van der Waals surface area contributed by atoms with Crippen molar-refractivity contribution in [2.45, 2.75) is 76.9 Å². The monoisotopic (exact) mass is 292 g/mol. The summed E-state index contributed by atoms with van der Waals surface area (Å²) in [5.41, 5.74) is 0. The largest absolute Gasteiger partial charge is 0.481 e. The molecule has 0 aliphatic rings. The Balaban J connectivity index is 0. The number of aliphatic hydroxyl groups excluding tert-OH is 1. The van der Waals surface area contributed by atoms with Crippen LogP contribution in [0.25, 0.3) is 0 Å². The molecule has 0 heterocycles. The minimum Gasteiger partial charge on any atom is -0.481 e. The minimum absolute atomic E-state index is 0.320. The average molecular weight is 292 g/mol. The first-order chi connectivity index (χ1) is 9.12. The molecule has 3 nitrogen and oxygen atoms in total.